The third-order valence-corrected chi connectivity index (χ3v) is 3.07. The molecule has 0 aliphatic carbocycles. The van der Waals surface area contributed by atoms with Crippen molar-refractivity contribution in [3.8, 4) is 0 Å². The van der Waals surface area contributed by atoms with Crippen molar-refractivity contribution in [2.45, 2.75) is 38.8 Å². The van der Waals surface area contributed by atoms with Gasteiger partial charge in [0.05, 0.1) is 23.1 Å². The Morgan fingerprint density at radius 1 is 1.24 bits per heavy atom. The molecule has 1 N–H and O–H groups in total. The maximum atomic E-state index is 12.3. The second-order valence-corrected chi connectivity index (χ2v) is 5.99. The van der Waals surface area contributed by atoms with Crippen molar-refractivity contribution >= 4 is 23.2 Å². The number of hydrogen-bond donors (Lipinski definition) is 1. The fourth-order valence-corrected chi connectivity index (χ4v) is 2.26. The molecular weight excluding hydrogens is 274 g/mol. The lowest BCUT2D eigenvalue weighted by Gasteiger charge is -2.24. The van der Waals surface area contributed by atoms with Gasteiger partial charge in [0, 0.05) is 17.7 Å². The number of non-ortho nitro benzene ring substituents is 1. The number of amides is 2. The number of nitro benzene ring substituents is 1. The smallest absolute Gasteiger partial charge is 0.269 e. The van der Waals surface area contributed by atoms with E-state index >= 15 is 0 Å². The first kappa shape index (κ1) is 15.1. The zero-order valence-electron chi connectivity index (χ0n) is 12.1. The van der Waals surface area contributed by atoms with Gasteiger partial charge in [0.2, 0.25) is 5.91 Å². The molecule has 1 atom stereocenters. The van der Waals surface area contributed by atoms with Crippen molar-refractivity contribution in [1.29, 1.82) is 0 Å². The largest absolute Gasteiger partial charge is 0.301 e. The molecule has 1 aliphatic heterocycles. The van der Waals surface area contributed by atoms with Crippen LogP contribution in [0.2, 0.25) is 0 Å². The number of nitrogens with zero attached hydrogens (tertiary/aromatic N) is 2. The molecule has 1 aromatic rings. The fourth-order valence-electron chi connectivity index (χ4n) is 2.26. The molecule has 1 saturated heterocycles. The van der Waals surface area contributed by atoms with Gasteiger partial charge in [-0.25, -0.2) is 4.90 Å². The zero-order chi connectivity index (χ0) is 15.8. The van der Waals surface area contributed by atoms with Gasteiger partial charge >= 0.3 is 0 Å². The SMILES string of the molecule is CC(C)(C)N[C@@H]1CC(=O)N(c2ccc([N+](=O)[O-])cc2)C1=O. The first-order valence-corrected chi connectivity index (χ1v) is 6.58. The number of carbonyl (C=O) groups excluding carboxylic acids is 2. The quantitative estimate of drug-likeness (QED) is 0.519. The minimum Gasteiger partial charge on any atom is -0.301 e. The number of imide groups is 1. The summed E-state index contributed by atoms with van der Waals surface area (Å²) in [5.41, 5.74) is -0.0115. The third-order valence-electron chi connectivity index (χ3n) is 3.07. The number of hydrogen-bond acceptors (Lipinski definition) is 5. The number of rotatable bonds is 3. The molecule has 1 aliphatic rings. The molecule has 0 aromatic heterocycles. The number of nitrogens with one attached hydrogen (secondary N) is 1. The summed E-state index contributed by atoms with van der Waals surface area (Å²) in [5.74, 6) is -0.639. The molecule has 2 amide bonds. The highest BCUT2D eigenvalue weighted by molar-refractivity contribution is 6.22. The van der Waals surface area contributed by atoms with E-state index < -0.39 is 11.0 Å². The summed E-state index contributed by atoms with van der Waals surface area (Å²) >= 11 is 0. The Bertz CT molecular complexity index is 589. The van der Waals surface area contributed by atoms with E-state index in [1.54, 1.807) is 0 Å². The second kappa shape index (κ2) is 5.25. The summed E-state index contributed by atoms with van der Waals surface area (Å²) < 4.78 is 0. The van der Waals surface area contributed by atoms with E-state index in [1.165, 1.54) is 24.3 Å². The lowest BCUT2D eigenvalue weighted by Crippen LogP contribution is -2.47. The molecule has 0 saturated carbocycles. The summed E-state index contributed by atoms with van der Waals surface area (Å²) in [4.78, 5) is 35.5. The maximum absolute atomic E-state index is 12.3. The molecule has 7 heteroatoms. The molecule has 1 fully saturated rings. The lowest BCUT2D eigenvalue weighted by atomic mass is 10.1. The Kier molecular flexibility index (Phi) is 3.78. The molecule has 1 heterocycles. The normalized spacial score (nSPS) is 19.2. The van der Waals surface area contributed by atoms with Crippen LogP contribution >= 0.6 is 0 Å². The Morgan fingerprint density at radius 2 is 1.81 bits per heavy atom. The van der Waals surface area contributed by atoms with E-state index in [1.807, 2.05) is 20.8 Å². The molecule has 7 nitrogen and oxygen atoms in total. The fraction of sp³-hybridized carbons (Fsp3) is 0.429. The average Bonchev–Trinajstić information content (AvgIpc) is 2.62. The predicted octanol–water partition coefficient (Wildman–Crippen LogP) is 1.61. The average molecular weight is 291 g/mol. The topological polar surface area (TPSA) is 92.6 Å². The van der Waals surface area contributed by atoms with Crippen LogP contribution in [0.4, 0.5) is 11.4 Å². The highest BCUT2D eigenvalue weighted by Gasteiger charge is 2.40. The summed E-state index contributed by atoms with van der Waals surface area (Å²) in [6, 6.07) is 4.81. The highest BCUT2D eigenvalue weighted by atomic mass is 16.6. The predicted molar refractivity (Wildman–Crippen MR) is 76.9 cm³/mol. The Morgan fingerprint density at radius 3 is 2.29 bits per heavy atom. The van der Waals surface area contributed by atoms with Gasteiger partial charge in [0.1, 0.15) is 0 Å². The standard InChI is InChI=1S/C14H17N3O4/c1-14(2,3)15-11-8-12(18)16(13(11)19)9-4-6-10(7-5-9)17(20)21/h4-7,11,15H,8H2,1-3H3/t11-/m1/s1. The van der Waals surface area contributed by atoms with E-state index in [4.69, 9.17) is 0 Å². The minimum atomic E-state index is -0.562. The lowest BCUT2D eigenvalue weighted by molar-refractivity contribution is -0.384. The van der Waals surface area contributed by atoms with E-state index in [9.17, 15) is 19.7 Å². The van der Waals surface area contributed by atoms with Crippen LogP contribution < -0.4 is 10.2 Å². The summed E-state index contributed by atoms with van der Waals surface area (Å²) in [7, 11) is 0. The van der Waals surface area contributed by atoms with Gasteiger partial charge in [-0.15, -0.1) is 0 Å². The van der Waals surface area contributed by atoms with Gasteiger partial charge in [-0.1, -0.05) is 0 Å². The first-order valence-electron chi connectivity index (χ1n) is 6.58. The number of anilines is 1. The van der Waals surface area contributed by atoms with Crippen LogP contribution in [-0.2, 0) is 9.59 Å². The molecule has 0 radical (unpaired) electrons. The first-order chi connectivity index (χ1) is 9.69. The van der Waals surface area contributed by atoms with E-state index in [0.29, 0.717) is 5.69 Å². The van der Waals surface area contributed by atoms with Crippen LogP contribution in [0.15, 0.2) is 24.3 Å². The zero-order valence-corrected chi connectivity index (χ0v) is 12.1. The van der Waals surface area contributed by atoms with Crippen LogP contribution in [0.5, 0.6) is 0 Å². The maximum Gasteiger partial charge on any atom is 0.269 e. The van der Waals surface area contributed by atoms with Gasteiger partial charge in [-0.05, 0) is 32.9 Å². The molecule has 1 aromatic carbocycles. The van der Waals surface area contributed by atoms with Crippen LogP contribution in [0, 0.1) is 10.1 Å². The molecule has 0 unspecified atom stereocenters. The Balaban J connectivity index is 2.22. The number of nitro groups is 1. The number of benzene rings is 1. The van der Waals surface area contributed by atoms with Crippen molar-refractivity contribution in [2.75, 3.05) is 4.90 Å². The van der Waals surface area contributed by atoms with Crippen molar-refractivity contribution in [1.82, 2.24) is 5.32 Å². The van der Waals surface area contributed by atoms with Gasteiger partial charge in [-0.2, -0.15) is 0 Å². The summed E-state index contributed by atoms with van der Waals surface area (Å²) in [5, 5.41) is 13.7. The Labute approximate surface area is 122 Å². The highest BCUT2D eigenvalue weighted by Crippen LogP contribution is 2.25. The summed E-state index contributed by atoms with van der Waals surface area (Å²) in [6.07, 6.45) is 0.0904. The molecule has 2 rings (SSSR count). The minimum absolute atomic E-state index is 0.0813. The van der Waals surface area contributed by atoms with Crippen LogP contribution in [0.3, 0.4) is 0 Å². The van der Waals surface area contributed by atoms with Crippen molar-refractivity contribution in [3.05, 3.63) is 34.4 Å². The van der Waals surface area contributed by atoms with Gasteiger partial charge in [0.25, 0.3) is 11.6 Å². The molecule has 0 bridgehead atoms. The van der Waals surface area contributed by atoms with Gasteiger partial charge in [-0.3, -0.25) is 19.7 Å². The van der Waals surface area contributed by atoms with Crippen molar-refractivity contribution in [3.63, 3.8) is 0 Å². The molecule has 112 valence electrons. The second-order valence-electron chi connectivity index (χ2n) is 5.99. The van der Waals surface area contributed by atoms with Crippen LogP contribution in [-0.4, -0.2) is 28.3 Å². The Hall–Kier alpha value is -2.28. The van der Waals surface area contributed by atoms with Crippen molar-refractivity contribution < 1.29 is 14.5 Å². The van der Waals surface area contributed by atoms with Crippen LogP contribution in [0.1, 0.15) is 27.2 Å². The van der Waals surface area contributed by atoms with Gasteiger partial charge in [0.15, 0.2) is 0 Å². The molecular formula is C14H17N3O4. The van der Waals surface area contributed by atoms with E-state index in [2.05, 4.69) is 5.32 Å². The summed E-state index contributed by atoms with van der Waals surface area (Å²) in [6.45, 7) is 5.75. The molecule has 0 spiro atoms. The van der Waals surface area contributed by atoms with Crippen LogP contribution in [0.25, 0.3) is 0 Å². The van der Waals surface area contributed by atoms with E-state index in [-0.39, 0.29) is 29.5 Å². The number of carbonyl (C=O) groups is 2. The molecule has 21 heavy (non-hydrogen) atoms. The van der Waals surface area contributed by atoms with Gasteiger partial charge < -0.3 is 5.32 Å². The van der Waals surface area contributed by atoms with E-state index in [0.717, 1.165) is 4.90 Å². The monoisotopic (exact) mass is 291 g/mol. The third kappa shape index (κ3) is 3.25. The van der Waals surface area contributed by atoms with Crippen molar-refractivity contribution in [2.24, 2.45) is 0 Å².